The summed E-state index contributed by atoms with van der Waals surface area (Å²) in [6.07, 6.45) is 2.32. The van der Waals surface area contributed by atoms with Crippen LogP contribution in [0.5, 0.6) is 0 Å². The molecule has 3 N–H and O–H groups in total. The quantitative estimate of drug-likeness (QED) is 0.390. The van der Waals surface area contributed by atoms with Gasteiger partial charge in [0, 0.05) is 31.4 Å². The van der Waals surface area contributed by atoms with Gasteiger partial charge in [-0.15, -0.1) is 11.3 Å². The molecule has 4 atom stereocenters. The fourth-order valence-electron chi connectivity index (χ4n) is 5.30. The first kappa shape index (κ1) is 28.5. The van der Waals surface area contributed by atoms with Gasteiger partial charge >= 0.3 is 6.03 Å². The molecule has 4 rings (SSSR count). The Morgan fingerprint density at radius 2 is 2.00 bits per heavy atom. The van der Waals surface area contributed by atoms with E-state index in [2.05, 4.69) is 29.5 Å². The first-order chi connectivity index (χ1) is 18.4. The summed E-state index contributed by atoms with van der Waals surface area (Å²) in [5, 5.41) is 19.6. The maximum Gasteiger partial charge on any atom is 0.317 e. The largest absolute Gasteiger partial charge is 0.463 e. The molecule has 2 saturated heterocycles. The highest BCUT2D eigenvalue weighted by atomic mass is 32.1. The van der Waals surface area contributed by atoms with Crippen molar-refractivity contribution in [3.63, 3.8) is 0 Å². The Morgan fingerprint density at radius 3 is 2.66 bits per heavy atom. The van der Waals surface area contributed by atoms with Gasteiger partial charge in [0.15, 0.2) is 10.9 Å². The summed E-state index contributed by atoms with van der Waals surface area (Å²) in [5.74, 6) is 0.118. The van der Waals surface area contributed by atoms with Gasteiger partial charge in [-0.3, -0.25) is 9.69 Å². The van der Waals surface area contributed by atoms with Gasteiger partial charge in [-0.2, -0.15) is 0 Å². The molecule has 4 unspecified atom stereocenters. The number of morpholine rings is 1. The molecule has 210 valence electrons. The van der Waals surface area contributed by atoms with E-state index in [1.807, 2.05) is 0 Å². The summed E-state index contributed by atoms with van der Waals surface area (Å²) in [6, 6.07) is 1.70. The van der Waals surface area contributed by atoms with E-state index in [4.69, 9.17) is 9.15 Å². The van der Waals surface area contributed by atoms with Gasteiger partial charge in [-0.1, -0.05) is 26.7 Å². The lowest BCUT2D eigenvalue weighted by atomic mass is 9.88. The molecule has 3 amide bonds. The number of aromatic nitrogens is 1. The first-order valence-electron chi connectivity index (χ1n) is 13.4. The lowest BCUT2D eigenvalue weighted by molar-refractivity contribution is -0.126. The highest BCUT2D eigenvalue weighted by Gasteiger charge is 2.45. The number of nitrogens with zero attached hydrogens (tertiary/aromatic N) is 3. The van der Waals surface area contributed by atoms with E-state index in [-0.39, 0.29) is 24.9 Å². The number of thiazole rings is 1. The summed E-state index contributed by atoms with van der Waals surface area (Å²) >= 11 is 1.24. The molecule has 2 aromatic rings. The molecule has 0 radical (unpaired) electrons. The zero-order valence-corrected chi connectivity index (χ0v) is 22.8. The number of nitrogens with one attached hydrogen (secondary N) is 2. The van der Waals surface area contributed by atoms with Gasteiger partial charge in [-0.25, -0.2) is 14.2 Å². The van der Waals surface area contributed by atoms with Crippen molar-refractivity contribution in [3.8, 4) is 11.5 Å². The lowest BCUT2D eigenvalue weighted by Gasteiger charge is -2.39. The smallest absolute Gasteiger partial charge is 0.317 e. The number of rotatable bonds is 11. The number of anilines is 1. The van der Waals surface area contributed by atoms with Gasteiger partial charge in [-0.05, 0) is 30.9 Å². The minimum atomic E-state index is -1.28. The Hall–Kier alpha value is -2.54. The van der Waals surface area contributed by atoms with Crippen LogP contribution in [0.3, 0.4) is 0 Å². The van der Waals surface area contributed by atoms with Crippen molar-refractivity contribution in [3.05, 3.63) is 23.8 Å². The normalized spacial score (nSPS) is 22.0. The van der Waals surface area contributed by atoms with Crippen LogP contribution in [-0.2, 0) is 9.53 Å². The van der Waals surface area contributed by atoms with Gasteiger partial charge in [0.25, 0.3) is 0 Å². The van der Waals surface area contributed by atoms with Crippen molar-refractivity contribution in [1.82, 2.24) is 20.1 Å². The lowest BCUT2D eigenvalue weighted by Crippen LogP contribution is -2.60. The summed E-state index contributed by atoms with van der Waals surface area (Å²) in [5.41, 5.74) is 0.592. The number of likely N-dealkylation sites (tertiary alicyclic amines) is 1. The third-order valence-corrected chi connectivity index (χ3v) is 7.93. The Balaban J connectivity index is 1.50. The summed E-state index contributed by atoms with van der Waals surface area (Å²) < 4.78 is 25.4. The number of carbonyl (C=O) groups excluding carboxylic acids is 2. The second-order valence-electron chi connectivity index (χ2n) is 9.88. The molecule has 0 aliphatic carbocycles. The Bertz CT molecular complexity index is 1030. The van der Waals surface area contributed by atoms with Gasteiger partial charge in [0.1, 0.15) is 18.1 Å². The Labute approximate surface area is 226 Å². The fraction of sp³-hybridized carbons (Fsp3) is 0.654. The number of halogens is 1. The molecule has 2 fully saturated rings. The van der Waals surface area contributed by atoms with Crippen LogP contribution < -0.4 is 10.6 Å². The van der Waals surface area contributed by atoms with Gasteiger partial charge in [0.05, 0.1) is 31.6 Å². The van der Waals surface area contributed by atoms with Crippen molar-refractivity contribution < 1.29 is 28.2 Å². The van der Waals surface area contributed by atoms with E-state index in [1.54, 1.807) is 28.7 Å². The molecular formula is C26H38FN5O5S. The van der Waals surface area contributed by atoms with Gasteiger partial charge < -0.3 is 29.8 Å². The average molecular weight is 552 g/mol. The highest BCUT2D eigenvalue weighted by Crippen LogP contribution is 2.30. The minimum absolute atomic E-state index is 0.0258. The van der Waals surface area contributed by atoms with Crippen molar-refractivity contribution in [2.24, 2.45) is 5.92 Å². The summed E-state index contributed by atoms with van der Waals surface area (Å²) in [6.45, 7) is 5.89. The first-order valence-corrected chi connectivity index (χ1v) is 14.3. The molecule has 0 spiro atoms. The number of furan rings is 1. The summed E-state index contributed by atoms with van der Waals surface area (Å²) in [7, 11) is 0. The van der Waals surface area contributed by atoms with Gasteiger partial charge in [0.2, 0.25) is 5.91 Å². The monoisotopic (exact) mass is 551 g/mol. The maximum atomic E-state index is 14.7. The van der Waals surface area contributed by atoms with Crippen molar-refractivity contribution in [2.75, 3.05) is 38.2 Å². The van der Waals surface area contributed by atoms with E-state index < -0.39 is 30.4 Å². The topological polar surface area (TPSA) is 120 Å². The fourth-order valence-corrected chi connectivity index (χ4v) is 6.01. The zero-order chi connectivity index (χ0) is 27.1. The molecule has 0 saturated carbocycles. The Morgan fingerprint density at radius 1 is 1.26 bits per heavy atom. The van der Waals surface area contributed by atoms with Crippen molar-refractivity contribution in [2.45, 2.75) is 70.4 Å². The van der Waals surface area contributed by atoms with Crippen LogP contribution in [0.2, 0.25) is 0 Å². The van der Waals surface area contributed by atoms with Crippen molar-refractivity contribution in [1.29, 1.82) is 0 Å². The standard InChI is InChI=1S/C26H38FN5O5S/c1-3-6-17(7-4-2)22(29-26(35)31-9-12-36-13-10-31)24(34)32-15-18(27)14-20(32)23(33)30-25-28-19(16-38-25)21-8-5-11-37-21/h5,8,11,16-18,20,22,24,34H,3-4,6-7,9-10,12-15H2,1-2H3,(H,29,35)(H,28,30,33). The predicted octanol–water partition coefficient (Wildman–Crippen LogP) is 3.70. The van der Waals surface area contributed by atoms with Crippen LogP contribution in [0.1, 0.15) is 46.0 Å². The molecular weight excluding hydrogens is 513 g/mol. The molecule has 2 aliphatic rings. The number of carbonyl (C=O) groups is 2. The molecule has 2 aromatic heterocycles. The van der Waals surface area contributed by atoms with Crippen LogP contribution in [0.4, 0.5) is 14.3 Å². The predicted molar refractivity (Wildman–Crippen MR) is 142 cm³/mol. The van der Waals surface area contributed by atoms with E-state index in [9.17, 15) is 19.1 Å². The molecule has 10 nitrogen and oxygen atoms in total. The molecule has 0 aromatic carbocycles. The molecule has 4 heterocycles. The number of amides is 3. The van der Waals surface area contributed by atoms with E-state index in [0.717, 1.165) is 25.7 Å². The molecule has 12 heteroatoms. The number of alkyl halides is 1. The Kier molecular flexibility index (Phi) is 10.1. The number of hydrogen-bond donors (Lipinski definition) is 3. The molecule has 2 aliphatic heterocycles. The second kappa shape index (κ2) is 13.5. The van der Waals surface area contributed by atoms with Crippen LogP contribution in [0.25, 0.3) is 11.5 Å². The van der Waals surface area contributed by atoms with Crippen LogP contribution in [-0.4, -0.2) is 89.2 Å². The molecule has 0 bridgehead atoms. The van der Waals surface area contributed by atoms with E-state index in [1.165, 1.54) is 16.2 Å². The number of ether oxygens (including phenoxy) is 1. The third kappa shape index (κ3) is 6.90. The third-order valence-electron chi connectivity index (χ3n) is 7.18. The van der Waals surface area contributed by atoms with Crippen LogP contribution >= 0.6 is 11.3 Å². The van der Waals surface area contributed by atoms with E-state index in [0.29, 0.717) is 42.9 Å². The minimum Gasteiger partial charge on any atom is -0.463 e. The van der Waals surface area contributed by atoms with Crippen LogP contribution in [0.15, 0.2) is 28.2 Å². The highest BCUT2D eigenvalue weighted by molar-refractivity contribution is 7.14. The van der Waals surface area contributed by atoms with Crippen molar-refractivity contribution >= 4 is 28.4 Å². The number of urea groups is 1. The summed E-state index contributed by atoms with van der Waals surface area (Å²) in [4.78, 5) is 34.0. The average Bonchev–Trinajstić information content (AvgIpc) is 3.68. The molecule has 38 heavy (non-hydrogen) atoms. The number of aliphatic hydroxyl groups excluding tert-OH is 1. The number of hydrogen-bond acceptors (Lipinski definition) is 8. The van der Waals surface area contributed by atoms with E-state index >= 15 is 0 Å². The number of aliphatic hydroxyl groups is 1. The second-order valence-corrected chi connectivity index (χ2v) is 10.7. The van der Waals surface area contributed by atoms with Crippen LogP contribution in [0, 0.1) is 5.92 Å². The SMILES string of the molecule is CCCC(CCC)C(NC(=O)N1CCOCC1)C(O)N1CC(F)CC1C(=O)Nc1nc(-c2ccco2)cs1. The maximum absolute atomic E-state index is 14.7. The zero-order valence-electron chi connectivity index (χ0n) is 22.0.